The molecule has 14 heavy (non-hydrogen) atoms. The molecule has 0 bridgehead atoms. The first kappa shape index (κ1) is 11.6. The summed E-state index contributed by atoms with van der Waals surface area (Å²) in [4.78, 5) is 0. The highest BCUT2D eigenvalue weighted by atomic mass is 35.5. The topological polar surface area (TPSA) is 51.2 Å². The lowest BCUT2D eigenvalue weighted by molar-refractivity contribution is 0.292. The fraction of sp³-hybridized carbons (Fsp3) is 0.600. The Labute approximate surface area is 90.5 Å². The van der Waals surface area contributed by atoms with Crippen molar-refractivity contribution in [3.8, 4) is 0 Å². The van der Waals surface area contributed by atoms with Gasteiger partial charge in [-0.3, -0.25) is 0 Å². The van der Waals surface area contributed by atoms with Gasteiger partial charge in [-0.25, -0.2) is 0 Å². The van der Waals surface area contributed by atoms with Crippen molar-refractivity contribution in [2.45, 2.75) is 18.9 Å². The Morgan fingerprint density at radius 3 is 2.71 bits per heavy atom. The summed E-state index contributed by atoms with van der Waals surface area (Å²) >= 11 is 0. The van der Waals surface area contributed by atoms with E-state index in [1.54, 1.807) is 6.26 Å². The Morgan fingerprint density at radius 2 is 2.14 bits per heavy atom. The van der Waals surface area contributed by atoms with Crippen LogP contribution in [0.2, 0.25) is 0 Å². The number of furan rings is 1. The standard InChI is InChI=1S/C10H16N2O.ClH/c11-10(9-2-1-7-13-9)8-3-5-12-6-4-8;/h1-2,7-8,10,12H,3-6,11H2;1H/t10-;/m1./s1. The molecule has 3 N–H and O–H groups in total. The van der Waals surface area contributed by atoms with Crippen LogP contribution < -0.4 is 11.1 Å². The van der Waals surface area contributed by atoms with Gasteiger partial charge in [0.15, 0.2) is 0 Å². The minimum absolute atomic E-state index is 0. The van der Waals surface area contributed by atoms with Gasteiger partial charge in [-0.1, -0.05) is 0 Å². The first-order valence-corrected chi connectivity index (χ1v) is 4.87. The Balaban J connectivity index is 0.000000980. The van der Waals surface area contributed by atoms with Crippen LogP contribution >= 0.6 is 12.4 Å². The molecule has 1 aromatic heterocycles. The SMILES string of the molecule is Cl.N[C@@H](c1ccco1)C1CCNCC1. The van der Waals surface area contributed by atoms with E-state index in [1.165, 1.54) is 0 Å². The van der Waals surface area contributed by atoms with Crippen LogP contribution in [0.1, 0.15) is 24.6 Å². The molecule has 3 nitrogen and oxygen atoms in total. The second kappa shape index (κ2) is 5.39. The summed E-state index contributed by atoms with van der Waals surface area (Å²) in [5.41, 5.74) is 6.09. The third-order valence-electron chi connectivity index (χ3n) is 2.76. The summed E-state index contributed by atoms with van der Waals surface area (Å²) in [6.07, 6.45) is 4.00. The van der Waals surface area contributed by atoms with Crippen molar-refractivity contribution in [3.05, 3.63) is 24.2 Å². The molecule has 0 aliphatic carbocycles. The smallest absolute Gasteiger partial charge is 0.120 e. The van der Waals surface area contributed by atoms with E-state index >= 15 is 0 Å². The van der Waals surface area contributed by atoms with E-state index in [0.29, 0.717) is 5.92 Å². The number of hydrogen-bond acceptors (Lipinski definition) is 3. The molecule has 1 saturated heterocycles. The molecule has 0 spiro atoms. The minimum atomic E-state index is 0. The molecule has 2 heterocycles. The molecular formula is C10H17ClN2O. The second-order valence-corrected chi connectivity index (χ2v) is 3.63. The van der Waals surface area contributed by atoms with E-state index in [9.17, 15) is 0 Å². The van der Waals surface area contributed by atoms with Crippen LogP contribution in [0.5, 0.6) is 0 Å². The van der Waals surface area contributed by atoms with Gasteiger partial charge in [-0.15, -0.1) is 12.4 Å². The zero-order valence-electron chi connectivity index (χ0n) is 8.11. The highest BCUT2D eigenvalue weighted by Gasteiger charge is 2.23. The highest BCUT2D eigenvalue weighted by molar-refractivity contribution is 5.85. The largest absolute Gasteiger partial charge is 0.468 e. The Morgan fingerprint density at radius 1 is 1.43 bits per heavy atom. The summed E-state index contributed by atoms with van der Waals surface area (Å²) in [5, 5.41) is 3.33. The van der Waals surface area contributed by atoms with Crippen molar-refractivity contribution in [2.24, 2.45) is 11.7 Å². The van der Waals surface area contributed by atoms with Crippen LogP contribution in [0, 0.1) is 5.92 Å². The molecular weight excluding hydrogens is 200 g/mol. The maximum atomic E-state index is 6.09. The van der Waals surface area contributed by atoms with Gasteiger partial charge in [-0.2, -0.15) is 0 Å². The monoisotopic (exact) mass is 216 g/mol. The Hall–Kier alpha value is -0.510. The number of rotatable bonds is 2. The van der Waals surface area contributed by atoms with Crippen LogP contribution in [0.25, 0.3) is 0 Å². The van der Waals surface area contributed by atoms with E-state index in [4.69, 9.17) is 10.2 Å². The second-order valence-electron chi connectivity index (χ2n) is 3.63. The molecule has 80 valence electrons. The molecule has 1 aliphatic heterocycles. The maximum Gasteiger partial charge on any atom is 0.120 e. The average Bonchev–Trinajstić information content (AvgIpc) is 2.71. The zero-order valence-corrected chi connectivity index (χ0v) is 8.93. The van der Waals surface area contributed by atoms with Crippen LogP contribution in [0.15, 0.2) is 22.8 Å². The minimum Gasteiger partial charge on any atom is -0.468 e. The summed E-state index contributed by atoms with van der Waals surface area (Å²) < 4.78 is 5.30. The van der Waals surface area contributed by atoms with Gasteiger partial charge < -0.3 is 15.5 Å². The summed E-state index contributed by atoms with van der Waals surface area (Å²) in [5.74, 6) is 1.50. The van der Waals surface area contributed by atoms with Crippen molar-refractivity contribution in [1.82, 2.24) is 5.32 Å². The normalized spacial score (nSPS) is 20.1. The van der Waals surface area contributed by atoms with Crippen LogP contribution in [0.3, 0.4) is 0 Å². The lowest BCUT2D eigenvalue weighted by atomic mass is 9.89. The quantitative estimate of drug-likeness (QED) is 0.791. The molecule has 0 amide bonds. The van der Waals surface area contributed by atoms with Gasteiger partial charge in [-0.05, 0) is 44.0 Å². The first-order valence-electron chi connectivity index (χ1n) is 4.87. The van der Waals surface area contributed by atoms with E-state index < -0.39 is 0 Å². The molecule has 0 radical (unpaired) electrons. The number of piperidine rings is 1. The molecule has 0 saturated carbocycles. The molecule has 2 rings (SSSR count). The Bertz CT molecular complexity index is 245. The fourth-order valence-corrected chi connectivity index (χ4v) is 1.92. The molecule has 1 aromatic rings. The van der Waals surface area contributed by atoms with E-state index in [1.807, 2.05) is 12.1 Å². The van der Waals surface area contributed by atoms with Gasteiger partial charge in [0.1, 0.15) is 5.76 Å². The van der Waals surface area contributed by atoms with E-state index in [-0.39, 0.29) is 18.4 Å². The molecule has 1 aliphatic rings. The zero-order chi connectivity index (χ0) is 9.10. The Kier molecular flexibility index (Phi) is 4.45. The lowest BCUT2D eigenvalue weighted by Crippen LogP contribution is -2.33. The van der Waals surface area contributed by atoms with Crippen LogP contribution in [-0.2, 0) is 0 Å². The predicted molar refractivity (Wildman–Crippen MR) is 58.5 cm³/mol. The van der Waals surface area contributed by atoms with Gasteiger partial charge in [0, 0.05) is 0 Å². The fourth-order valence-electron chi connectivity index (χ4n) is 1.92. The van der Waals surface area contributed by atoms with Crippen LogP contribution in [0.4, 0.5) is 0 Å². The molecule has 0 unspecified atom stereocenters. The molecule has 4 heteroatoms. The maximum absolute atomic E-state index is 6.09. The molecule has 1 fully saturated rings. The highest BCUT2D eigenvalue weighted by Crippen LogP contribution is 2.26. The summed E-state index contributed by atoms with van der Waals surface area (Å²) in [6, 6.07) is 3.94. The third-order valence-corrected chi connectivity index (χ3v) is 2.76. The number of halogens is 1. The third kappa shape index (κ3) is 2.50. The first-order chi connectivity index (χ1) is 6.38. The van der Waals surface area contributed by atoms with Crippen LogP contribution in [-0.4, -0.2) is 13.1 Å². The number of nitrogens with one attached hydrogen (secondary N) is 1. The average molecular weight is 217 g/mol. The van der Waals surface area contributed by atoms with Gasteiger partial charge >= 0.3 is 0 Å². The van der Waals surface area contributed by atoms with Crippen molar-refractivity contribution >= 4 is 12.4 Å². The van der Waals surface area contributed by atoms with Crippen molar-refractivity contribution in [2.75, 3.05) is 13.1 Å². The van der Waals surface area contributed by atoms with Crippen molar-refractivity contribution in [3.63, 3.8) is 0 Å². The molecule has 0 aromatic carbocycles. The number of hydrogen-bond donors (Lipinski definition) is 2. The molecule has 1 atom stereocenters. The van der Waals surface area contributed by atoms with Crippen molar-refractivity contribution < 1.29 is 4.42 Å². The van der Waals surface area contributed by atoms with Gasteiger partial charge in [0.05, 0.1) is 12.3 Å². The number of nitrogens with two attached hydrogens (primary N) is 1. The van der Waals surface area contributed by atoms with Crippen molar-refractivity contribution in [1.29, 1.82) is 0 Å². The summed E-state index contributed by atoms with van der Waals surface area (Å²) in [6.45, 7) is 2.16. The predicted octanol–water partition coefficient (Wildman–Crippen LogP) is 1.70. The summed E-state index contributed by atoms with van der Waals surface area (Å²) in [7, 11) is 0. The van der Waals surface area contributed by atoms with E-state index in [2.05, 4.69) is 5.32 Å². The van der Waals surface area contributed by atoms with Gasteiger partial charge in [0.25, 0.3) is 0 Å². The van der Waals surface area contributed by atoms with Gasteiger partial charge in [0.2, 0.25) is 0 Å². The van der Waals surface area contributed by atoms with E-state index in [0.717, 1.165) is 31.7 Å². The lowest BCUT2D eigenvalue weighted by Gasteiger charge is -2.26.